The third-order valence-corrected chi connectivity index (χ3v) is 7.76. The highest BCUT2D eigenvalue weighted by Crippen LogP contribution is 2.32. The standard InChI is InChI=1S/C22H26FN3O4S/c1-16-7-8-17(15-20(16)31(28,29)26-11-13-30-14-12-26)22(27)24-21-18(23)5-4-6-19(21)25-9-2-3-10-25/h4-8,15H,2-3,9-14H2,1H3,(H,24,27). The molecule has 0 saturated carbocycles. The summed E-state index contributed by atoms with van der Waals surface area (Å²) < 4.78 is 47.4. The number of anilines is 2. The molecule has 4 rings (SSSR count). The predicted octanol–water partition coefficient (Wildman–Crippen LogP) is 3.01. The van der Waals surface area contributed by atoms with Gasteiger partial charge in [-0.05, 0) is 49.6 Å². The van der Waals surface area contributed by atoms with E-state index in [1.807, 2.05) is 4.90 Å². The van der Waals surface area contributed by atoms with Crippen molar-refractivity contribution in [2.24, 2.45) is 0 Å². The van der Waals surface area contributed by atoms with Gasteiger partial charge in [0.2, 0.25) is 10.0 Å². The number of hydrogen-bond acceptors (Lipinski definition) is 5. The Hall–Kier alpha value is -2.49. The Morgan fingerprint density at radius 2 is 1.77 bits per heavy atom. The summed E-state index contributed by atoms with van der Waals surface area (Å²) in [7, 11) is -3.76. The van der Waals surface area contributed by atoms with Crippen molar-refractivity contribution in [1.82, 2.24) is 4.31 Å². The summed E-state index contributed by atoms with van der Waals surface area (Å²) in [6.45, 7) is 4.52. The van der Waals surface area contributed by atoms with E-state index >= 15 is 0 Å². The van der Waals surface area contributed by atoms with Gasteiger partial charge in [0.15, 0.2) is 0 Å². The Kier molecular flexibility index (Phi) is 6.27. The van der Waals surface area contributed by atoms with E-state index in [1.54, 1.807) is 31.2 Å². The van der Waals surface area contributed by atoms with Crippen LogP contribution in [0.15, 0.2) is 41.3 Å². The Bertz CT molecular complexity index is 1080. The minimum Gasteiger partial charge on any atom is -0.379 e. The molecule has 31 heavy (non-hydrogen) atoms. The average Bonchev–Trinajstić information content (AvgIpc) is 3.30. The van der Waals surface area contributed by atoms with Crippen LogP contribution in [-0.4, -0.2) is 58.0 Å². The zero-order chi connectivity index (χ0) is 22.0. The number of benzene rings is 2. The molecule has 2 saturated heterocycles. The lowest BCUT2D eigenvalue weighted by Gasteiger charge is -2.27. The van der Waals surface area contributed by atoms with Crippen LogP contribution in [0.4, 0.5) is 15.8 Å². The van der Waals surface area contributed by atoms with E-state index in [9.17, 15) is 17.6 Å². The van der Waals surface area contributed by atoms with Gasteiger partial charge in [0, 0.05) is 31.7 Å². The van der Waals surface area contributed by atoms with Crippen molar-refractivity contribution in [3.63, 3.8) is 0 Å². The Morgan fingerprint density at radius 3 is 2.48 bits per heavy atom. The molecule has 0 aromatic heterocycles. The molecule has 2 aromatic rings. The number of nitrogens with one attached hydrogen (secondary N) is 1. The van der Waals surface area contributed by atoms with Crippen LogP contribution in [0.1, 0.15) is 28.8 Å². The molecule has 0 unspecified atom stereocenters. The molecule has 1 N–H and O–H groups in total. The number of aryl methyl sites for hydroxylation is 1. The second kappa shape index (κ2) is 8.94. The SMILES string of the molecule is Cc1ccc(C(=O)Nc2c(F)cccc2N2CCCC2)cc1S(=O)(=O)N1CCOCC1. The van der Waals surface area contributed by atoms with Crippen LogP contribution >= 0.6 is 0 Å². The molecule has 7 nitrogen and oxygen atoms in total. The lowest BCUT2D eigenvalue weighted by atomic mass is 10.1. The molecule has 2 aromatic carbocycles. The highest BCUT2D eigenvalue weighted by Gasteiger charge is 2.29. The highest BCUT2D eigenvalue weighted by atomic mass is 32.2. The fraction of sp³-hybridized carbons (Fsp3) is 0.409. The zero-order valence-corrected chi connectivity index (χ0v) is 18.3. The summed E-state index contributed by atoms with van der Waals surface area (Å²) >= 11 is 0. The number of morpholine rings is 1. The van der Waals surface area contributed by atoms with E-state index < -0.39 is 21.7 Å². The summed E-state index contributed by atoms with van der Waals surface area (Å²) in [5.41, 5.74) is 1.46. The maximum Gasteiger partial charge on any atom is 0.255 e. The third kappa shape index (κ3) is 4.44. The summed E-state index contributed by atoms with van der Waals surface area (Å²) in [6, 6.07) is 9.24. The maximum absolute atomic E-state index is 14.6. The van der Waals surface area contributed by atoms with Crippen LogP contribution in [0.3, 0.4) is 0 Å². The highest BCUT2D eigenvalue weighted by molar-refractivity contribution is 7.89. The van der Waals surface area contributed by atoms with Gasteiger partial charge < -0.3 is 15.0 Å². The van der Waals surface area contributed by atoms with Crippen LogP contribution in [0.2, 0.25) is 0 Å². The van der Waals surface area contributed by atoms with Gasteiger partial charge in [0.05, 0.1) is 23.8 Å². The van der Waals surface area contributed by atoms with Gasteiger partial charge in [0.1, 0.15) is 11.5 Å². The quantitative estimate of drug-likeness (QED) is 0.762. The van der Waals surface area contributed by atoms with Gasteiger partial charge in [0.25, 0.3) is 5.91 Å². The van der Waals surface area contributed by atoms with Gasteiger partial charge in [-0.2, -0.15) is 4.31 Å². The molecule has 0 bridgehead atoms. The lowest BCUT2D eigenvalue weighted by molar-refractivity contribution is 0.0730. The lowest BCUT2D eigenvalue weighted by Crippen LogP contribution is -2.40. The van der Waals surface area contributed by atoms with E-state index in [0.29, 0.717) is 24.5 Å². The number of hydrogen-bond donors (Lipinski definition) is 1. The molecule has 0 spiro atoms. The van der Waals surface area contributed by atoms with Crippen molar-refractivity contribution in [2.45, 2.75) is 24.7 Å². The number of ether oxygens (including phenoxy) is 1. The molecule has 2 fully saturated rings. The van der Waals surface area contributed by atoms with Crippen LogP contribution in [0, 0.1) is 12.7 Å². The van der Waals surface area contributed by atoms with Gasteiger partial charge in [-0.15, -0.1) is 0 Å². The third-order valence-electron chi connectivity index (χ3n) is 5.72. The van der Waals surface area contributed by atoms with Crippen LogP contribution in [0.25, 0.3) is 0 Å². The van der Waals surface area contributed by atoms with Crippen molar-refractivity contribution < 1.29 is 22.3 Å². The zero-order valence-electron chi connectivity index (χ0n) is 17.4. The van der Waals surface area contributed by atoms with E-state index in [0.717, 1.165) is 25.9 Å². The maximum atomic E-state index is 14.6. The summed E-state index contributed by atoms with van der Waals surface area (Å²) in [4.78, 5) is 15.1. The smallest absolute Gasteiger partial charge is 0.255 e. The topological polar surface area (TPSA) is 79.0 Å². The van der Waals surface area contributed by atoms with Crippen molar-refractivity contribution in [3.8, 4) is 0 Å². The van der Waals surface area contributed by atoms with Gasteiger partial charge >= 0.3 is 0 Å². The summed E-state index contributed by atoms with van der Waals surface area (Å²) in [5, 5.41) is 2.67. The Labute approximate surface area is 181 Å². The second-order valence-electron chi connectivity index (χ2n) is 7.78. The Balaban J connectivity index is 1.63. The van der Waals surface area contributed by atoms with E-state index in [1.165, 1.54) is 16.4 Å². The monoisotopic (exact) mass is 447 g/mol. The molecular formula is C22H26FN3O4S. The van der Waals surface area contributed by atoms with Crippen molar-refractivity contribution in [2.75, 3.05) is 49.6 Å². The van der Waals surface area contributed by atoms with Crippen LogP contribution in [0.5, 0.6) is 0 Å². The summed E-state index contributed by atoms with van der Waals surface area (Å²) in [6.07, 6.45) is 2.04. The number of rotatable bonds is 5. The van der Waals surface area contributed by atoms with Crippen molar-refractivity contribution in [1.29, 1.82) is 0 Å². The fourth-order valence-electron chi connectivity index (χ4n) is 3.99. The molecule has 0 radical (unpaired) electrons. The van der Waals surface area contributed by atoms with E-state index in [4.69, 9.17) is 4.74 Å². The Morgan fingerprint density at radius 1 is 1.06 bits per heavy atom. The van der Waals surface area contributed by atoms with Crippen LogP contribution < -0.4 is 10.2 Å². The predicted molar refractivity (Wildman–Crippen MR) is 117 cm³/mol. The number of carbonyl (C=O) groups excluding carboxylic acids is 1. The van der Waals surface area contributed by atoms with Crippen molar-refractivity contribution in [3.05, 3.63) is 53.3 Å². The molecule has 2 aliphatic heterocycles. The minimum atomic E-state index is -3.76. The molecule has 2 heterocycles. The normalized spacial score (nSPS) is 17.7. The summed E-state index contributed by atoms with van der Waals surface area (Å²) in [5.74, 6) is -1.07. The number of carbonyl (C=O) groups is 1. The number of sulfonamides is 1. The largest absolute Gasteiger partial charge is 0.379 e. The van der Waals surface area contributed by atoms with E-state index in [-0.39, 0.29) is 29.2 Å². The molecule has 0 atom stereocenters. The molecular weight excluding hydrogens is 421 g/mol. The number of nitrogens with zero attached hydrogens (tertiary/aromatic N) is 2. The first kappa shape index (κ1) is 21.7. The second-order valence-corrected chi connectivity index (χ2v) is 9.69. The molecule has 9 heteroatoms. The molecule has 2 aliphatic rings. The average molecular weight is 448 g/mol. The first-order valence-corrected chi connectivity index (χ1v) is 11.9. The molecule has 1 amide bonds. The number of amides is 1. The van der Waals surface area contributed by atoms with Gasteiger partial charge in [-0.3, -0.25) is 4.79 Å². The molecule has 0 aliphatic carbocycles. The molecule has 166 valence electrons. The fourth-order valence-corrected chi connectivity index (χ4v) is 5.65. The number of para-hydroxylation sites is 1. The minimum absolute atomic E-state index is 0.0790. The first-order chi connectivity index (χ1) is 14.9. The first-order valence-electron chi connectivity index (χ1n) is 10.4. The van der Waals surface area contributed by atoms with Gasteiger partial charge in [-0.1, -0.05) is 12.1 Å². The van der Waals surface area contributed by atoms with E-state index in [2.05, 4.69) is 5.32 Å². The van der Waals surface area contributed by atoms with Gasteiger partial charge in [-0.25, -0.2) is 12.8 Å². The van der Waals surface area contributed by atoms with Crippen molar-refractivity contribution >= 4 is 27.3 Å². The number of halogens is 1. The van der Waals surface area contributed by atoms with Crippen LogP contribution in [-0.2, 0) is 14.8 Å².